The summed E-state index contributed by atoms with van der Waals surface area (Å²) in [4.78, 5) is 30.2. The lowest BCUT2D eigenvalue weighted by Gasteiger charge is -2.21. The van der Waals surface area contributed by atoms with E-state index >= 15 is 0 Å². The summed E-state index contributed by atoms with van der Waals surface area (Å²) in [6, 6.07) is 5.35. The molecule has 22 heavy (non-hydrogen) atoms. The molecule has 118 valence electrons. The lowest BCUT2D eigenvalue weighted by molar-refractivity contribution is -0.134. The van der Waals surface area contributed by atoms with E-state index in [1.165, 1.54) is 0 Å². The number of nitrogens with zero attached hydrogens (tertiary/aromatic N) is 2. The first-order chi connectivity index (χ1) is 10.6. The maximum Gasteiger partial charge on any atom is 0.247 e. The Balaban J connectivity index is 1.86. The van der Waals surface area contributed by atoms with Crippen LogP contribution in [0.2, 0.25) is 0 Å². The van der Waals surface area contributed by atoms with Gasteiger partial charge in [-0.3, -0.25) is 14.6 Å². The van der Waals surface area contributed by atoms with Crippen LogP contribution in [0, 0.1) is 0 Å². The van der Waals surface area contributed by atoms with E-state index in [9.17, 15) is 9.59 Å². The topological polar surface area (TPSA) is 62.3 Å². The number of pyridine rings is 1. The van der Waals surface area contributed by atoms with Gasteiger partial charge in [0.15, 0.2) is 0 Å². The summed E-state index contributed by atoms with van der Waals surface area (Å²) < 4.78 is 0. The second kappa shape index (κ2) is 7.98. The highest BCUT2D eigenvalue weighted by molar-refractivity contribution is 7.99. The Morgan fingerprint density at radius 3 is 2.95 bits per heavy atom. The number of aromatic nitrogens is 1. The molecule has 2 heterocycles. The molecule has 1 aliphatic heterocycles. The SMILES string of the molecule is CC(C)=CC(=O)N1CSCC1C(=O)NCCc1ccccn1. The maximum absolute atomic E-state index is 12.3. The van der Waals surface area contributed by atoms with E-state index in [4.69, 9.17) is 0 Å². The van der Waals surface area contributed by atoms with Gasteiger partial charge in [0.2, 0.25) is 11.8 Å². The van der Waals surface area contributed by atoms with Crippen molar-refractivity contribution >= 4 is 23.6 Å². The largest absolute Gasteiger partial charge is 0.354 e. The molecule has 1 aliphatic rings. The predicted octanol–water partition coefficient (Wildman–Crippen LogP) is 1.61. The van der Waals surface area contributed by atoms with Crippen molar-refractivity contribution in [1.29, 1.82) is 0 Å². The number of allylic oxidation sites excluding steroid dienone is 1. The van der Waals surface area contributed by atoms with Crippen LogP contribution >= 0.6 is 11.8 Å². The van der Waals surface area contributed by atoms with Gasteiger partial charge in [-0.2, -0.15) is 0 Å². The Labute approximate surface area is 135 Å². The molecule has 0 aliphatic carbocycles. The van der Waals surface area contributed by atoms with Crippen LogP contribution in [-0.2, 0) is 16.0 Å². The third-order valence-corrected chi connectivity index (χ3v) is 4.30. The molecule has 1 unspecified atom stereocenters. The summed E-state index contributed by atoms with van der Waals surface area (Å²) in [6.07, 6.45) is 4.01. The molecule has 1 fully saturated rings. The highest BCUT2D eigenvalue weighted by Gasteiger charge is 2.33. The number of amides is 2. The van der Waals surface area contributed by atoms with Crippen LogP contribution < -0.4 is 5.32 Å². The van der Waals surface area contributed by atoms with Crippen LogP contribution in [0.1, 0.15) is 19.5 Å². The van der Waals surface area contributed by atoms with Crippen LogP contribution in [0.3, 0.4) is 0 Å². The highest BCUT2D eigenvalue weighted by Crippen LogP contribution is 2.21. The molecule has 1 atom stereocenters. The fourth-order valence-electron chi connectivity index (χ4n) is 2.18. The predicted molar refractivity (Wildman–Crippen MR) is 88.3 cm³/mol. The Kier molecular flexibility index (Phi) is 6.00. The molecule has 0 spiro atoms. The van der Waals surface area contributed by atoms with Crippen molar-refractivity contribution in [2.24, 2.45) is 0 Å². The normalized spacial score (nSPS) is 17.2. The van der Waals surface area contributed by atoms with Crippen LogP contribution in [0.5, 0.6) is 0 Å². The summed E-state index contributed by atoms with van der Waals surface area (Å²) in [7, 11) is 0. The second-order valence-corrected chi connectivity index (χ2v) is 6.41. The number of carbonyl (C=O) groups excluding carboxylic acids is 2. The third-order valence-electron chi connectivity index (χ3n) is 3.29. The summed E-state index contributed by atoms with van der Waals surface area (Å²) in [5, 5.41) is 2.90. The fourth-order valence-corrected chi connectivity index (χ4v) is 3.35. The first-order valence-corrected chi connectivity index (χ1v) is 8.44. The van der Waals surface area contributed by atoms with Gasteiger partial charge in [0, 0.05) is 36.7 Å². The molecule has 1 saturated heterocycles. The minimum Gasteiger partial charge on any atom is -0.354 e. The Bertz CT molecular complexity index is 556. The molecule has 0 aromatic carbocycles. The summed E-state index contributed by atoms with van der Waals surface area (Å²) in [5.41, 5.74) is 1.89. The van der Waals surface area contributed by atoms with Gasteiger partial charge in [-0.1, -0.05) is 11.6 Å². The lowest BCUT2D eigenvalue weighted by Crippen LogP contribution is -2.47. The van der Waals surface area contributed by atoms with Crippen molar-refractivity contribution in [3.8, 4) is 0 Å². The Hall–Kier alpha value is -1.82. The van der Waals surface area contributed by atoms with E-state index in [1.54, 1.807) is 28.9 Å². The van der Waals surface area contributed by atoms with Crippen molar-refractivity contribution in [2.45, 2.75) is 26.3 Å². The Morgan fingerprint density at radius 2 is 2.27 bits per heavy atom. The molecule has 6 heteroatoms. The summed E-state index contributed by atoms with van der Waals surface area (Å²) >= 11 is 1.61. The molecule has 0 radical (unpaired) electrons. The van der Waals surface area contributed by atoms with E-state index < -0.39 is 0 Å². The number of rotatable bonds is 5. The van der Waals surface area contributed by atoms with Crippen LogP contribution in [-0.4, -0.2) is 45.9 Å². The number of nitrogens with one attached hydrogen (secondary N) is 1. The van der Waals surface area contributed by atoms with Crippen molar-refractivity contribution in [3.05, 3.63) is 41.7 Å². The summed E-state index contributed by atoms with van der Waals surface area (Å²) in [6.45, 7) is 4.29. The number of thioether (sulfide) groups is 1. The highest BCUT2D eigenvalue weighted by atomic mass is 32.2. The van der Waals surface area contributed by atoms with Gasteiger partial charge in [0.05, 0.1) is 5.88 Å². The summed E-state index contributed by atoms with van der Waals surface area (Å²) in [5.74, 6) is 1.05. The first-order valence-electron chi connectivity index (χ1n) is 7.29. The number of hydrogen-bond acceptors (Lipinski definition) is 4. The van der Waals surface area contributed by atoms with Crippen molar-refractivity contribution in [3.63, 3.8) is 0 Å². The van der Waals surface area contributed by atoms with E-state index in [2.05, 4.69) is 10.3 Å². The molecule has 1 N–H and O–H groups in total. The molecular formula is C16H21N3O2S. The van der Waals surface area contributed by atoms with E-state index in [-0.39, 0.29) is 17.9 Å². The van der Waals surface area contributed by atoms with Gasteiger partial charge in [-0.15, -0.1) is 11.8 Å². The third kappa shape index (κ3) is 4.59. The molecule has 5 nitrogen and oxygen atoms in total. The molecule has 0 saturated carbocycles. The van der Waals surface area contributed by atoms with Gasteiger partial charge in [0.25, 0.3) is 0 Å². The van der Waals surface area contributed by atoms with Gasteiger partial charge in [-0.05, 0) is 26.0 Å². The number of hydrogen-bond donors (Lipinski definition) is 1. The van der Waals surface area contributed by atoms with Gasteiger partial charge in [0.1, 0.15) is 6.04 Å². The molecule has 1 aromatic rings. The second-order valence-electron chi connectivity index (χ2n) is 5.41. The minimum absolute atomic E-state index is 0.0866. The Morgan fingerprint density at radius 1 is 1.45 bits per heavy atom. The monoisotopic (exact) mass is 319 g/mol. The first kappa shape index (κ1) is 16.5. The van der Waals surface area contributed by atoms with Crippen LogP contribution in [0.15, 0.2) is 36.0 Å². The molecule has 2 amide bonds. The molecular weight excluding hydrogens is 298 g/mol. The van der Waals surface area contributed by atoms with Crippen molar-refractivity contribution in [1.82, 2.24) is 15.2 Å². The van der Waals surface area contributed by atoms with E-state index in [0.29, 0.717) is 24.6 Å². The van der Waals surface area contributed by atoms with Crippen molar-refractivity contribution in [2.75, 3.05) is 18.2 Å². The maximum atomic E-state index is 12.3. The standard InChI is InChI=1S/C16H21N3O2S/c1-12(2)9-15(20)19-11-22-10-14(19)16(21)18-8-6-13-5-3-4-7-17-13/h3-5,7,9,14H,6,8,10-11H2,1-2H3,(H,18,21). The van der Waals surface area contributed by atoms with Crippen LogP contribution in [0.25, 0.3) is 0 Å². The van der Waals surface area contributed by atoms with E-state index in [0.717, 1.165) is 11.3 Å². The average Bonchev–Trinajstić information content (AvgIpc) is 2.97. The fraction of sp³-hybridized carbons (Fsp3) is 0.438. The lowest BCUT2D eigenvalue weighted by atomic mass is 10.2. The zero-order chi connectivity index (χ0) is 15.9. The van der Waals surface area contributed by atoms with E-state index in [1.807, 2.05) is 32.0 Å². The molecule has 2 rings (SSSR count). The van der Waals surface area contributed by atoms with Gasteiger partial charge >= 0.3 is 0 Å². The zero-order valence-electron chi connectivity index (χ0n) is 12.9. The average molecular weight is 319 g/mol. The smallest absolute Gasteiger partial charge is 0.247 e. The van der Waals surface area contributed by atoms with Crippen molar-refractivity contribution < 1.29 is 9.59 Å². The minimum atomic E-state index is -0.378. The van der Waals surface area contributed by atoms with Gasteiger partial charge < -0.3 is 10.2 Å². The molecule has 0 bridgehead atoms. The quantitative estimate of drug-likeness (QED) is 0.838. The number of carbonyl (C=O) groups is 2. The zero-order valence-corrected chi connectivity index (χ0v) is 13.7. The molecule has 1 aromatic heterocycles. The van der Waals surface area contributed by atoms with Gasteiger partial charge in [-0.25, -0.2) is 0 Å². The van der Waals surface area contributed by atoms with Crippen LogP contribution in [0.4, 0.5) is 0 Å².